The number of nitrogens with zero attached hydrogens (tertiary/aromatic N) is 1. The molecule has 0 spiro atoms. The summed E-state index contributed by atoms with van der Waals surface area (Å²) in [4.78, 5) is 14.8. The van der Waals surface area contributed by atoms with Gasteiger partial charge in [0.15, 0.2) is 0 Å². The average molecular weight is 129 g/mol. The molecule has 4 heteroatoms. The molecule has 4 nitrogen and oxygen atoms in total. The highest BCUT2D eigenvalue weighted by molar-refractivity contribution is 5.87. The summed E-state index contributed by atoms with van der Waals surface area (Å²) >= 11 is 0. The minimum absolute atomic E-state index is 0.348. The molecule has 1 rings (SSSR count). The maximum absolute atomic E-state index is 10.2. The third-order valence-corrected chi connectivity index (χ3v) is 0.835. The first kappa shape index (κ1) is 6.07. The molecule has 0 saturated carbocycles. The van der Waals surface area contributed by atoms with Crippen LogP contribution < -0.4 is 0 Å². The monoisotopic (exact) mass is 129 g/mol. The van der Waals surface area contributed by atoms with Crippen molar-refractivity contribution in [2.75, 3.05) is 6.61 Å². The Hall–Kier alpha value is -1.06. The van der Waals surface area contributed by atoms with E-state index in [-0.39, 0.29) is 5.97 Å². The Bertz CT molecular complexity index is 152. The van der Waals surface area contributed by atoms with Gasteiger partial charge in [0.05, 0.1) is 6.42 Å². The van der Waals surface area contributed by atoms with Gasteiger partial charge < -0.3 is 9.57 Å². The highest BCUT2D eigenvalue weighted by Crippen LogP contribution is 2.00. The summed E-state index contributed by atoms with van der Waals surface area (Å²) in [5.74, 6) is 0.0294. The number of hydrogen-bond donors (Lipinski definition) is 0. The largest absolute Gasteiger partial charge is 0.408 e. The molecule has 1 heterocycles. The van der Waals surface area contributed by atoms with E-state index in [1.807, 2.05) is 0 Å². The van der Waals surface area contributed by atoms with Crippen LogP contribution in [0.2, 0.25) is 0 Å². The molecule has 1 aliphatic heterocycles. The van der Waals surface area contributed by atoms with Crippen molar-refractivity contribution in [3.05, 3.63) is 0 Å². The zero-order valence-corrected chi connectivity index (χ0v) is 5.09. The van der Waals surface area contributed by atoms with E-state index < -0.39 is 0 Å². The van der Waals surface area contributed by atoms with Crippen molar-refractivity contribution in [2.45, 2.75) is 13.3 Å². The van der Waals surface area contributed by atoms with Gasteiger partial charge in [-0.2, -0.15) is 0 Å². The number of rotatable bonds is 0. The predicted octanol–water partition coefficient (Wildman–Crippen LogP) is 0.283. The fourth-order valence-corrected chi connectivity index (χ4v) is 0.532. The zero-order valence-electron chi connectivity index (χ0n) is 5.09. The topological polar surface area (TPSA) is 47.9 Å². The molecular weight excluding hydrogens is 122 g/mol. The molecule has 0 bridgehead atoms. The van der Waals surface area contributed by atoms with E-state index in [0.29, 0.717) is 18.9 Å². The lowest BCUT2D eigenvalue weighted by atomic mass is 10.5. The quantitative estimate of drug-likeness (QED) is 0.441. The highest BCUT2D eigenvalue weighted by Gasteiger charge is 2.10. The van der Waals surface area contributed by atoms with Crippen LogP contribution in [0.5, 0.6) is 0 Å². The molecular formula is C5H7NO3. The second-order valence-electron chi connectivity index (χ2n) is 1.66. The average Bonchev–Trinajstić information content (AvgIpc) is 2.15. The lowest BCUT2D eigenvalue weighted by molar-refractivity contribution is -0.133. The molecule has 0 aromatic carbocycles. The summed E-state index contributed by atoms with van der Waals surface area (Å²) in [6, 6.07) is 0. The number of esters is 1. The first-order chi connectivity index (χ1) is 4.29. The van der Waals surface area contributed by atoms with Gasteiger partial charge in [-0.3, -0.25) is 4.79 Å². The van der Waals surface area contributed by atoms with Gasteiger partial charge in [-0.25, -0.2) is 0 Å². The molecule has 1 aliphatic rings. The normalized spacial score (nSPS) is 16.3. The van der Waals surface area contributed by atoms with Crippen molar-refractivity contribution in [1.82, 2.24) is 0 Å². The van der Waals surface area contributed by atoms with Gasteiger partial charge in [0.1, 0.15) is 6.61 Å². The second kappa shape index (κ2) is 2.48. The van der Waals surface area contributed by atoms with Gasteiger partial charge in [0.2, 0.25) is 5.90 Å². The molecule has 0 fully saturated rings. The zero-order chi connectivity index (χ0) is 6.69. The van der Waals surface area contributed by atoms with E-state index in [4.69, 9.17) is 0 Å². The van der Waals surface area contributed by atoms with Gasteiger partial charge in [-0.05, 0) is 0 Å². The molecule has 0 radical (unpaired) electrons. The van der Waals surface area contributed by atoms with E-state index in [2.05, 4.69) is 14.7 Å². The SMILES string of the molecule is CC(=O)OC1=NOCC1. The molecule has 50 valence electrons. The van der Waals surface area contributed by atoms with Crippen molar-refractivity contribution in [2.24, 2.45) is 5.16 Å². The lowest BCUT2D eigenvalue weighted by Gasteiger charge is -1.93. The number of carbonyl (C=O) groups excluding carboxylic acids is 1. The van der Waals surface area contributed by atoms with E-state index in [0.717, 1.165) is 0 Å². The fraction of sp³-hybridized carbons (Fsp3) is 0.600. The van der Waals surface area contributed by atoms with E-state index in [1.54, 1.807) is 0 Å². The van der Waals surface area contributed by atoms with Crippen molar-refractivity contribution >= 4 is 11.9 Å². The van der Waals surface area contributed by atoms with Crippen LogP contribution in [0, 0.1) is 0 Å². The number of carbonyl (C=O) groups is 1. The standard InChI is InChI=1S/C5H7NO3/c1-4(7)9-5-2-3-8-6-5/h2-3H2,1H3. The third kappa shape index (κ3) is 1.71. The summed E-state index contributed by atoms with van der Waals surface area (Å²) in [5, 5.41) is 3.45. The van der Waals surface area contributed by atoms with Crippen LogP contribution in [-0.2, 0) is 14.4 Å². The Kier molecular flexibility index (Phi) is 1.67. The first-order valence-corrected chi connectivity index (χ1v) is 2.66. The molecule has 0 aromatic heterocycles. The number of hydrogen-bond acceptors (Lipinski definition) is 4. The van der Waals surface area contributed by atoms with Crippen LogP contribution in [-0.4, -0.2) is 18.5 Å². The molecule has 0 aliphatic carbocycles. The minimum Gasteiger partial charge on any atom is -0.408 e. The smallest absolute Gasteiger partial charge is 0.309 e. The van der Waals surface area contributed by atoms with Crippen molar-refractivity contribution in [3.63, 3.8) is 0 Å². The molecule has 0 aromatic rings. The van der Waals surface area contributed by atoms with Crippen LogP contribution in [0.3, 0.4) is 0 Å². The molecule has 0 saturated heterocycles. The van der Waals surface area contributed by atoms with Crippen molar-refractivity contribution in [3.8, 4) is 0 Å². The van der Waals surface area contributed by atoms with Crippen LogP contribution in [0.4, 0.5) is 0 Å². The number of ether oxygens (including phenoxy) is 1. The van der Waals surface area contributed by atoms with Crippen molar-refractivity contribution in [1.29, 1.82) is 0 Å². The molecule has 9 heavy (non-hydrogen) atoms. The van der Waals surface area contributed by atoms with Gasteiger partial charge in [-0.1, -0.05) is 5.16 Å². The van der Waals surface area contributed by atoms with Crippen molar-refractivity contribution < 1.29 is 14.4 Å². The predicted molar refractivity (Wildman–Crippen MR) is 29.8 cm³/mol. The third-order valence-electron chi connectivity index (χ3n) is 0.835. The maximum Gasteiger partial charge on any atom is 0.309 e. The van der Waals surface area contributed by atoms with E-state index >= 15 is 0 Å². The molecule has 0 atom stereocenters. The lowest BCUT2D eigenvalue weighted by Crippen LogP contribution is -2.06. The van der Waals surface area contributed by atoms with Crippen LogP contribution in [0.15, 0.2) is 5.16 Å². The summed E-state index contributed by atoms with van der Waals surface area (Å²) in [6.45, 7) is 1.85. The summed E-state index contributed by atoms with van der Waals surface area (Å²) in [7, 11) is 0. The molecule has 0 N–H and O–H groups in total. The van der Waals surface area contributed by atoms with Crippen LogP contribution in [0.1, 0.15) is 13.3 Å². The summed E-state index contributed by atoms with van der Waals surface area (Å²) < 4.78 is 4.60. The Labute approximate surface area is 52.4 Å². The molecule has 0 amide bonds. The second-order valence-corrected chi connectivity index (χ2v) is 1.66. The fourth-order valence-electron chi connectivity index (χ4n) is 0.532. The highest BCUT2D eigenvalue weighted by atomic mass is 16.7. The van der Waals surface area contributed by atoms with Gasteiger partial charge >= 0.3 is 5.97 Å². The Morgan fingerprint density at radius 2 is 2.67 bits per heavy atom. The Morgan fingerprint density at radius 1 is 1.89 bits per heavy atom. The van der Waals surface area contributed by atoms with Gasteiger partial charge in [-0.15, -0.1) is 0 Å². The van der Waals surface area contributed by atoms with Crippen LogP contribution >= 0.6 is 0 Å². The number of oxime groups is 1. The minimum atomic E-state index is -0.348. The maximum atomic E-state index is 10.2. The van der Waals surface area contributed by atoms with Gasteiger partial charge in [0.25, 0.3) is 0 Å². The van der Waals surface area contributed by atoms with Gasteiger partial charge in [0, 0.05) is 6.92 Å². The summed E-state index contributed by atoms with van der Waals surface area (Å²) in [5.41, 5.74) is 0. The Balaban J connectivity index is 2.35. The van der Waals surface area contributed by atoms with Crippen LogP contribution in [0.25, 0.3) is 0 Å². The molecule has 0 unspecified atom stereocenters. The van der Waals surface area contributed by atoms with E-state index in [9.17, 15) is 4.79 Å². The first-order valence-electron chi connectivity index (χ1n) is 2.66. The Morgan fingerprint density at radius 3 is 3.11 bits per heavy atom. The summed E-state index contributed by atoms with van der Waals surface area (Å²) in [6.07, 6.45) is 0.597. The van der Waals surface area contributed by atoms with E-state index in [1.165, 1.54) is 6.92 Å².